The molecule has 0 aliphatic heterocycles. The first kappa shape index (κ1) is 18.3. The summed E-state index contributed by atoms with van der Waals surface area (Å²) in [6, 6.07) is 6.48. The highest BCUT2D eigenvalue weighted by Gasteiger charge is 2.19. The maximum absolute atomic E-state index is 12.5. The number of hydrogen-bond donors (Lipinski definition) is 2. The van der Waals surface area contributed by atoms with Crippen molar-refractivity contribution in [3.8, 4) is 0 Å². The number of nitrogens with one attached hydrogen (secondary N) is 1. The zero-order valence-electron chi connectivity index (χ0n) is 14.6. The minimum absolute atomic E-state index is 0.345. The predicted molar refractivity (Wildman–Crippen MR) is 104 cm³/mol. The molecule has 134 valence electrons. The molecule has 0 aliphatic carbocycles. The van der Waals surface area contributed by atoms with Crippen LogP contribution in [0.15, 0.2) is 40.5 Å². The van der Waals surface area contributed by atoms with Crippen LogP contribution in [0, 0.1) is 13.8 Å². The second kappa shape index (κ2) is 7.43. The van der Waals surface area contributed by atoms with E-state index in [4.69, 9.17) is 5.73 Å². The van der Waals surface area contributed by atoms with Crippen molar-refractivity contribution in [3.63, 3.8) is 0 Å². The van der Waals surface area contributed by atoms with Crippen LogP contribution < -0.4 is 11.1 Å². The number of carbonyl (C=O) groups is 2. The zero-order valence-corrected chi connectivity index (χ0v) is 16.2. The molecule has 2 aromatic heterocycles. The minimum Gasteiger partial charge on any atom is -0.368 e. The SMILES string of the molecule is Cc1sc2ncnc(Sc3ccccc3C(=O)NC(C)C(N)=O)c2c1C. The number of aromatic nitrogens is 2. The molecule has 26 heavy (non-hydrogen) atoms. The van der Waals surface area contributed by atoms with E-state index in [0.717, 1.165) is 25.7 Å². The average molecular weight is 387 g/mol. The Kier molecular flexibility index (Phi) is 5.24. The summed E-state index contributed by atoms with van der Waals surface area (Å²) in [6.07, 6.45) is 1.54. The molecule has 1 atom stereocenters. The summed E-state index contributed by atoms with van der Waals surface area (Å²) in [5, 5.41) is 4.44. The molecule has 2 amide bonds. The molecule has 3 aromatic rings. The van der Waals surface area contributed by atoms with Gasteiger partial charge in [0, 0.05) is 15.2 Å². The number of hydrogen-bond acceptors (Lipinski definition) is 6. The summed E-state index contributed by atoms with van der Waals surface area (Å²) in [4.78, 5) is 35.4. The van der Waals surface area contributed by atoms with Gasteiger partial charge in [0.15, 0.2) is 0 Å². The van der Waals surface area contributed by atoms with Crippen molar-refractivity contribution in [2.75, 3.05) is 0 Å². The topological polar surface area (TPSA) is 98.0 Å². The van der Waals surface area contributed by atoms with Crippen molar-refractivity contribution in [3.05, 3.63) is 46.6 Å². The molecule has 8 heteroatoms. The number of nitrogens with zero attached hydrogens (tertiary/aromatic N) is 2. The Morgan fingerprint density at radius 3 is 2.69 bits per heavy atom. The molecule has 1 unspecified atom stereocenters. The van der Waals surface area contributed by atoms with Crippen molar-refractivity contribution in [2.24, 2.45) is 5.73 Å². The van der Waals surface area contributed by atoms with Crippen molar-refractivity contribution in [1.82, 2.24) is 15.3 Å². The lowest BCUT2D eigenvalue weighted by atomic mass is 10.2. The molecule has 0 radical (unpaired) electrons. The molecular weight excluding hydrogens is 368 g/mol. The Hall–Kier alpha value is -2.45. The molecule has 0 spiro atoms. The van der Waals surface area contributed by atoms with Gasteiger partial charge in [-0.25, -0.2) is 9.97 Å². The fourth-order valence-electron chi connectivity index (χ4n) is 2.42. The number of fused-ring (bicyclic) bond motifs is 1. The summed E-state index contributed by atoms with van der Waals surface area (Å²) in [5.74, 6) is -0.923. The van der Waals surface area contributed by atoms with Gasteiger partial charge >= 0.3 is 0 Å². The fourth-order valence-corrected chi connectivity index (χ4v) is 4.56. The van der Waals surface area contributed by atoms with Crippen molar-refractivity contribution in [2.45, 2.75) is 36.7 Å². The van der Waals surface area contributed by atoms with Crippen LogP contribution in [-0.2, 0) is 4.79 Å². The van der Waals surface area contributed by atoms with Crippen LogP contribution in [0.2, 0.25) is 0 Å². The first-order valence-corrected chi connectivity index (χ1v) is 9.59. The van der Waals surface area contributed by atoms with E-state index in [1.807, 2.05) is 12.1 Å². The third kappa shape index (κ3) is 3.56. The summed E-state index contributed by atoms with van der Waals surface area (Å²) in [5.41, 5.74) is 6.85. The Morgan fingerprint density at radius 1 is 1.23 bits per heavy atom. The van der Waals surface area contributed by atoms with Gasteiger partial charge in [-0.3, -0.25) is 9.59 Å². The van der Waals surface area contributed by atoms with Crippen LogP contribution in [0.25, 0.3) is 10.2 Å². The van der Waals surface area contributed by atoms with Crippen molar-refractivity contribution >= 4 is 45.1 Å². The summed E-state index contributed by atoms with van der Waals surface area (Å²) in [7, 11) is 0. The van der Waals surface area contributed by atoms with Crippen molar-refractivity contribution in [1.29, 1.82) is 0 Å². The summed E-state index contributed by atoms with van der Waals surface area (Å²) in [6.45, 7) is 5.67. The zero-order chi connectivity index (χ0) is 18.8. The first-order valence-electron chi connectivity index (χ1n) is 7.96. The Balaban J connectivity index is 1.97. The van der Waals surface area contributed by atoms with Gasteiger partial charge in [-0.05, 0) is 38.5 Å². The molecular formula is C18H18N4O2S2. The average Bonchev–Trinajstić information content (AvgIpc) is 2.90. The highest BCUT2D eigenvalue weighted by Crippen LogP contribution is 2.38. The largest absolute Gasteiger partial charge is 0.368 e. The van der Waals surface area contributed by atoms with Crippen LogP contribution in [-0.4, -0.2) is 27.8 Å². The van der Waals surface area contributed by atoms with Gasteiger partial charge in [0.2, 0.25) is 5.91 Å². The van der Waals surface area contributed by atoms with E-state index in [-0.39, 0.29) is 5.91 Å². The smallest absolute Gasteiger partial charge is 0.253 e. The van der Waals surface area contributed by atoms with Gasteiger partial charge in [0.05, 0.1) is 5.56 Å². The molecule has 6 nitrogen and oxygen atoms in total. The molecule has 1 aromatic carbocycles. The van der Waals surface area contributed by atoms with Crippen LogP contribution in [0.1, 0.15) is 27.7 Å². The van der Waals surface area contributed by atoms with Gasteiger partial charge in [-0.15, -0.1) is 11.3 Å². The number of aryl methyl sites for hydroxylation is 2. The second-order valence-corrected chi connectivity index (χ2v) is 8.07. The highest BCUT2D eigenvalue weighted by molar-refractivity contribution is 7.99. The molecule has 3 N–H and O–H groups in total. The summed E-state index contributed by atoms with van der Waals surface area (Å²) >= 11 is 3.04. The third-order valence-electron chi connectivity index (χ3n) is 4.04. The van der Waals surface area contributed by atoms with Gasteiger partial charge < -0.3 is 11.1 Å². The second-order valence-electron chi connectivity index (χ2n) is 5.84. The Bertz CT molecular complexity index is 1000. The van der Waals surface area contributed by atoms with Crippen LogP contribution in [0.5, 0.6) is 0 Å². The fraction of sp³-hybridized carbons (Fsp3) is 0.222. The van der Waals surface area contributed by atoms with Gasteiger partial charge in [0.1, 0.15) is 22.2 Å². The van der Waals surface area contributed by atoms with E-state index >= 15 is 0 Å². The van der Waals surface area contributed by atoms with Crippen LogP contribution in [0.4, 0.5) is 0 Å². The molecule has 0 aliphatic rings. The Morgan fingerprint density at radius 2 is 1.96 bits per heavy atom. The molecule has 0 saturated heterocycles. The van der Waals surface area contributed by atoms with Crippen LogP contribution in [0.3, 0.4) is 0 Å². The normalized spacial score (nSPS) is 12.1. The molecule has 0 saturated carbocycles. The number of rotatable bonds is 5. The Labute approximate surface area is 159 Å². The third-order valence-corrected chi connectivity index (χ3v) is 6.24. The monoisotopic (exact) mass is 386 g/mol. The van der Waals surface area contributed by atoms with E-state index in [1.54, 1.807) is 30.4 Å². The number of thiophene rings is 1. The highest BCUT2D eigenvalue weighted by atomic mass is 32.2. The maximum Gasteiger partial charge on any atom is 0.253 e. The molecule has 3 rings (SSSR count). The van der Waals surface area contributed by atoms with E-state index in [9.17, 15) is 9.59 Å². The number of carbonyl (C=O) groups excluding carboxylic acids is 2. The molecule has 2 heterocycles. The predicted octanol–water partition coefficient (Wildman–Crippen LogP) is 3.06. The lowest BCUT2D eigenvalue weighted by Gasteiger charge is -2.13. The van der Waals surface area contributed by atoms with Crippen LogP contribution >= 0.6 is 23.1 Å². The number of nitrogens with two attached hydrogens (primary N) is 1. The van der Waals surface area contributed by atoms with E-state index in [0.29, 0.717) is 5.56 Å². The number of benzene rings is 1. The van der Waals surface area contributed by atoms with Gasteiger partial charge in [-0.2, -0.15) is 0 Å². The first-order chi connectivity index (χ1) is 12.4. The van der Waals surface area contributed by atoms with E-state index in [1.165, 1.54) is 23.0 Å². The molecule has 0 bridgehead atoms. The summed E-state index contributed by atoms with van der Waals surface area (Å²) < 4.78 is 0. The van der Waals surface area contributed by atoms with Crippen molar-refractivity contribution < 1.29 is 9.59 Å². The standard InChI is InChI=1S/C18H18N4O2S2/c1-9-11(3)25-17-14(9)18(21-8-20-17)26-13-7-5-4-6-12(13)16(24)22-10(2)15(19)23/h4-8,10H,1-3H3,(H2,19,23)(H,22,24). The van der Waals surface area contributed by atoms with E-state index in [2.05, 4.69) is 29.1 Å². The number of amides is 2. The lowest BCUT2D eigenvalue weighted by molar-refractivity contribution is -0.119. The van der Waals surface area contributed by atoms with Gasteiger partial charge in [0.25, 0.3) is 5.91 Å². The molecule has 0 fully saturated rings. The van der Waals surface area contributed by atoms with Gasteiger partial charge in [-0.1, -0.05) is 23.9 Å². The lowest BCUT2D eigenvalue weighted by Crippen LogP contribution is -2.42. The number of primary amides is 1. The van der Waals surface area contributed by atoms with E-state index < -0.39 is 11.9 Å². The minimum atomic E-state index is -0.743. The maximum atomic E-state index is 12.5. The quantitative estimate of drug-likeness (QED) is 0.657.